The van der Waals surface area contributed by atoms with Crippen LogP contribution in [-0.4, -0.2) is 17.0 Å². The van der Waals surface area contributed by atoms with Gasteiger partial charge in [0.1, 0.15) is 5.60 Å². The zero-order chi connectivity index (χ0) is 6.74. The van der Waals surface area contributed by atoms with Crippen LogP contribution in [0.3, 0.4) is 0 Å². The fraction of sp³-hybridized carbons (Fsp3) is 0.857. The molecule has 0 aliphatic heterocycles. The molecule has 0 unspecified atom stereocenters. The molecule has 0 atom stereocenters. The van der Waals surface area contributed by atoms with Gasteiger partial charge in [0, 0.05) is 0 Å². The summed E-state index contributed by atoms with van der Waals surface area (Å²) in [6.45, 7) is 0. The molecule has 0 aromatic rings. The van der Waals surface area contributed by atoms with Crippen molar-refractivity contribution in [2.24, 2.45) is 0 Å². The largest absolute Gasteiger partial charge is 0.382 e. The summed E-state index contributed by atoms with van der Waals surface area (Å²) < 4.78 is 0. The average molecular weight is 128 g/mol. The lowest BCUT2D eigenvalue weighted by Crippen LogP contribution is -2.32. The van der Waals surface area contributed by atoms with E-state index in [1.54, 1.807) is 0 Å². The van der Waals surface area contributed by atoms with Crippen LogP contribution in [-0.2, 0) is 4.79 Å². The summed E-state index contributed by atoms with van der Waals surface area (Å²) in [5, 5.41) is 9.31. The molecule has 2 heteroatoms. The van der Waals surface area contributed by atoms with E-state index in [-0.39, 0.29) is 0 Å². The third-order valence-electron chi connectivity index (χ3n) is 1.94. The number of aldehydes is 1. The molecule has 9 heavy (non-hydrogen) atoms. The van der Waals surface area contributed by atoms with Crippen LogP contribution < -0.4 is 0 Å². The van der Waals surface area contributed by atoms with Crippen molar-refractivity contribution in [3.8, 4) is 0 Å². The fourth-order valence-corrected chi connectivity index (χ4v) is 1.28. The highest BCUT2D eigenvalue weighted by Gasteiger charge is 2.27. The molecule has 52 valence electrons. The molecule has 0 heterocycles. The van der Waals surface area contributed by atoms with E-state index in [9.17, 15) is 9.90 Å². The highest BCUT2D eigenvalue weighted by Crippen LogP contribution is 2.25. The minimum atomic E-state index is -0.960. The molecule has 1 aliphatic carbocycles. The van der Waals surface area contributed by atoms with Crippen LogP contribution >= 0.6 is 0 Å². The van der Waals surface area contributed by atoms with Crippen molar-refractivity contribution in [2.75, 3.05) is 0 Å². The van der Waals surface area contributed by atoms with Crippen molar-refractivity contribution in [3.05, 3.63) is 0 Å². The molecule has 1 rings (SSSR count). The topological polar surface area (TPSA) is 37.3 Å². The van der Waals surface area contributed by atoms with Gasteiger partial charge in [0.25, 0.3) is 0 Å². The number of aliphatic hydroxyl groups is 1. The number of hydrogen-bond acceptors (Lipinski definition) is 2. The molecular weight excluding hydrogens is 116 g/mol. The SMILES string of the molecule is O=CC1(O)CCCCC1. The van der Waals surface area contributed by atoms with Crippen molar-refractivity contribution in [1.29, 1.82) is 0 Å². The van der Waals surface area contributed by atoms with Crippen LogP contribution in [0.2, 0.25) is 0 Å². The third-order valence-corrected chi connectivity index (χ3v) is 1.94. The van der Waals surface area contributed by atoms with Gasteiger partial charge in [-0.15, -0.1) is 0 Å². The third kappa shape index (κ3) is 1.52. The smallest absolute Gasteiger partial charge is 0.151 e. The Morgan fingerprint density at radius 3 is 2.11 bits per heavy atom. The van der Waals surface area contributed by atoms with E-state index in [1.807, 2.05) is 0 Å². The highest BCUT2D eigenvalue weighted by molar-refractivity contribution is 5.61. The van der Waals surface area contributed by atoms with E-state index in [0.29, 0.717) is 19.1 Å². The number of carbonyl (C=O) groups is 1. The predicted molar refractivity (Wildman–Crippen MR) is 34.1 cm³/mol. The molecule has 0 radical (unpaired) electrons. The van der Waals surface area contributed by atoms with E-state index in [2.05, 4.69) is 0 Å². The van der Waals surface area contributed by atoms with Gasteiger partial charge in [-0.3, -0.25) is 0 Å². The number of rotatable bonds is 1. The zero-order valence-corrected chi connectivity index (χ0v) is 5.47. The summed E-state index contributed by atoms with van der Waals surface area (Å²) in [6.07, 6.45) is 5.17. The van der Waals surface area contributed by atoms with Gasteiger partial charge in [0.15, 0.2) is 6.29 Å². The summed E-state index contributed by atoms with van der Waals surface area (Å²) in [5.74, 6) is 0. The summed E-state index contributed by atoms with van der Waals surface area (Å²) in [4.78, 5) is 10.2. The first kappa shape index (κ1) is 6.75. The second-order valence-corrected chi connectivity index (χ2v) is 2.78. The van der Waals surface area contributed by atoms with E-state index >= 15 is 0 Å². The molecule has 1 aliphatic rings. The molecule has 0 aromatic carbocycles. The maximum Gasteiger partial charge on any atom is 0.151 e. The first-order valence-electron chi connectivity index (χ1n) is 3.46. The molecule has 1 N–H and O–H groups in total. The normalized spacial score (nSPS) is 25.4. The van der Waals surface area contributed by atoms with Crippen molar-refractivity contribution < 1.29 is 9.90 Å². The Kier molecular flexibility index (Phi) is 1.86. The second kappa shape index (κ2) is 2.48. The van der Waals surface area contributed by atoms with E-state index < -0.39 is 5.60 Å². The molecule has 2 nitrogen and oxygen atoms in total. The molecule has 0 aromatic heterocycles. The summed E-state index contributed by atoms with van der Waals surface area (Å²) in [5.41, 5.74) is -0.960. The van der Waals surface area contributed by atoms with Gasteiger partial charge >= 0.3 is 0 Å². The van der Waals surface area contributed by atoms with Gasteiger partial charge < -0.3 is 9.90 Å². The van der Waals surface area contributed by atoms with Crippen LogP contribution in [0.15, 0.2) is 0 Å². The lowest BCUT2D eigenvalue weighted by atomic mass is 9.86. The lowest BCUT2D eigenvalue weighted by Gasteiger charge is -2.25. The number of carbonyl (C=O) groups excluding carboxylic acids is 1. The minimum absolute atomic E-state index is 0.663. The molecule has 0 spiro atoms. The monoisotopic (exact) mass is 128 g/mol. The number of hydrogen-bond donors (Lipinski definition) is 1. The van der Waals surface area contributed by atoms with Gasteiger partial charge in [-0.25, -0.2) is 0 Å². The van der Waals surface area contributed by atoms with Gasteiger partial charge in [-0.2, -0.15) is 0 Å². The predicted octanol–water partition coefficient (Wildman–Crippen LogP) is 0.881. The summed E-state index contributed by atoms with van der Waals surface area (Å²) in [6, 6.07) is 0. The quantitative estimate of drug-likeness (QED) is 0.532. The van der Waals surface area contributed by atoms with Gasteiger partial charge in [0.05, 0.1) is 0 Å². The van der Waals surface area contributed by atoms with Gasteiger partial charge in [-0.05, 0) is 12.8 Å². The van der Waals surface area contributed by atoms with Crippen LogP contribution in [0.5, 0.6) is 0 Å². The molecule has 1 fully saturated rings. The molecule has 0 saturated heterocycles. The molecule has 0 bridgehead atoms. The van der Waals surface area contributed by atoms with Crippen LogP contribution in [0.25, 0.3) is 0 Å². The van der Waals surface area contributed by atoms with Gasteiger partial charge in [0.2, 0.25) is 0 Å². The van der Waals surface area contributed by atoms with Crippen molar-refractivity contribution in [1.82, 2.24) is 0 Å². The van der Waals surface area contributed by atoms with Crippen molar-refractivity contribution in [2.45, 2.75) is 37.7 Å². The summed E-state index contributed by atoms with van der Waals surface area (Å²) in [7, 11) is 0. The van der Waals surface area contributed by atoms with Crippen LogP contribution in [0.4, 0.5) is 0 Å². The van der Waals surface area contributed by atoms with Crippen molar-refractivity contribution in [3.63, 3.8) is 0 Å². The van der Waals surface area contributed by atoms with Crippen molar-refractivity contribution >= 4 is 6.29 Å². The lowest BCUT2D eigenvalue weighted by molar-refractivity contribution is -0.126. The Balaban J connectivity index is 2.46. The van der Waals surface area contributed by atoms with Crippen LogP contribution in [0.1, 0.15) is 32.1 Å². The second-order valence-electron chi connectivity index (χ2n) is 2.78. The van der Waals surface area contributed by atoms with E-state index in [4.69, 9.17) is 0 Å². The van der Waals surface area contributed by atoms with Crippen LogP contribution in [0, 0.1) is 0 Å². The first-order valence-corrected chi connectivity index (χ1v) is 3.46. The maximum absolute atomic E-state index is 10.2. The Bertz CT molecular complexity index is 103. The molecular formula is C7H12O2. The molecule has 0 amide bonds. The van der Waals surface area contributed by atoms with E-state index in [1.165, 1.54) is 0 Å². The Morgan fingerprint density at radius 2 is 1.78 bits per heavy atom. The first-order chi connectivity index (χ1) is 4.27. The zero-order valence-electron chi connectivity index (χ0n) is 5.47. The van der Waals surface area contributed by atoms with E-state index in [0.717, 1.165) is 19.3 Å². The molecule has 1 saturated carbocycles. The highest BCUT2D eigenvalue weighted by atomic mass is 16.3. The average Bonchev–Trinajstić information content (AvgIpc) is 1.90. The van der Waals surface area contributed by atoms with Gasteiger partial charge in [-0.1, -0.05) is 19.3 Å². The summed E-state index contributed by atoms with van der Waals surface area (Å²) >= 11 is 0. The Hall–Kier alpha value is -0.370. The standard InChI is InChI=1S/C7H12O2/c8-6-7(9)4-2-1-3-5-7/h6,9H,1-5H2. The maximum atomic E-state index is 10.2. The fourth-order valence-electron chi connectivity index (χ4n) is 1.28. The minimum Gasteiger partial charge on any atom is -0.382 e. The Morgan fingerprint density at radius 1 is 1.22 bits per heavy atom. The Labute approximate surface area is 54.9 Å².